The summed E-state index contributed by atoms with van der Waals surface area (Å²) in [6.07, 6.45) is 0. The Labute approximate surface area is 111 Å². The molecule has 2 rings (SSSR count). The number of rotatable bonds is 4. The Balaban J connectivity index is 2.15. The minimum Gasteiger partial charge on any atom is -0.330 e. The largest absolute Gasteiger partial charge is 0.330 e. The number of nitrogens with one attached hydrogen (secondary N) is 1. The highest BCUT2D eigenvalue weighted by atomic mass is 32.1. The van der Waals surface area contributed by atoms with Crippen LogP contribution in [0.5, 0.6) is 0 Å². The molecular formula is C14H18N2OS. The van der Waals surface area contributed by atoms with E-state index in [0.29, 0.717) is 6.54 Å². The highest BCUT2D eigenvalue weighted by molar-refractivity contribution is 7.17. The van der Waals surface area contributed by atoms with Crippen LogP contribution in [0, 0.1) is 11.8 Å². The lowest BCUT2D eigenvalue weighted by Crippen LogP contribution is -2.33. The van der Waals surface area contributed by atoms with Gasteiger partial charge in [-0.25, -0.2) is 0 Å². The van der Waals surface area contributed by atoms with E-state index in [1.165, 1.54) is 4.70 Å². The minimum atomic E-state index is -0.136. The van der Waals surface area contributed by atoms with Crippen molar-refractivity contribution >= 4 is 33.0 Å². The third kappa shape index (κ3) is 2.71. The SMILES string of the molecule is CC(C)C(CN)C(=O)Nc1ccc2sccc2c1. The van der Waals surface area contributed by atoms with Gasteiger partial charge in [0.25, 0.3) is 0 Å². The van der Waals surface area contributed by atoms with Gasteiger partial charge in [0, 0.05) is 16.9 Å². The van der Waals surface area contributed by atoms with Crippen LogP contribution in [0.1, 0.15) is 13.8 Å². The van der Waals surface area contributed by atoms with E-state index in [2.05, 4.69) is 11.4 Å². The zero-order chi connectivity index (χ0) is 13.1. The van der Waals surface area contributed by atoms with Gasteiger partial charge >= 0.3 is 0 Å². The number of benzene rings is 1. The van der Waals surface area contributed by atoms with Crippen molar-refractivity contribution in [3.63, 3.8) is 0 Å². The molecule has 1 atom stereocenters. The van der Waals surface area contributed by atoms with Crippen molar-refractivity contribution in [1.29, 1.82) is 0 Å². The molecule has 0 spiro atoms. The molecule has 0 saturated heterocycles. The van der Waals surface area contributed by atoms with Crippen LogP contribution in [0.15, 0.2) is 29.6 Å². The number of nitrogens with two attached hydrogens (primary N) is 1. The molecule has 18 heavy (non-hydrogen) atoms. The molecule has 1 aromatic heterocycles. The van der Waals surface area contributed by atoms with Crippen molar-refractivity contribution in [3.8, 4) is 0 Å². The predicted octanol–water partition coefficient (Wildman–Crippen LogP) is 3.07. The molecule has 0 aliphatic carbocycles. The number of anilines is 1. The summed E-state index contributed by atoms with van der Waals surface area (Å²) in [5, 5.41) is 6.15. The van der Waals surface area contributed by atoms with Crippen LogP contribution in [0.3, 0.4) is 0 Å². The fourth-order valence-electron chi connectivity index (χ4n) is 1.96. The Morgan fingerprint density at radius 1 is 1.39 bits per heavy atom. The van der Waals surface area contributed by atoms with E-state index < -0.39 is 0 Å². The summed E-state index contributed by atoms with van der Waals surface area (Å²) in [7, 11) is 0. The summed E-state index contributed by atoms with van der Waals surface area (Å²) in [4.78, 5) is 12.1. The number of hydrogen-bond acceptors (Lipinski definition) is 3. The van der Waals surface area contributed by atoms with Crippen molar-refractivity contribution in [2.45, 2.75) is 13.8 Å². The van der Waals surface area contributed by atoms with Gasteiger partial charge in [-0.1, -0.05) is 13.8 Å². The molecular weight excluding hydrogens is 244 g/mol. The first-order chi connectivity index (χ1) is 8.61. The Morgan fingerprint density at radius 2 is 2.17 bits per heavy atom. The topological polar surface area (TPSA) is 55.1 Å². The van der Waals surface area contributed by atoms with Gasteiger partial charge in [-0.3, -0.25) is 4.79 Å². The Kier molecular flexibility index (Phi) is 3.99. The van der Waals surface area contributed by atoms with Gasteiger partial charge in [-0.05, 0) is 40.9 Å². The molecule has 4 heteroatoms. The fourth-order valence-corrected chi connectivity index (χ4v) is 2.73. The van der Waals surface area contributed by atoms with Gasteiger partial charge < -0.3 is 11.1 Å². The van der Waals surface area contributed by atoms with Crippen LogP contribution in [-0.4, -0.2) is 12.5 Å². The average molecular weight is 262 g/mol. The molecule has 2 aromatic rings. The zero-order valence-electron chi connectivity index (χ0n) is 10.6. The Hall–Kier alpha value is -1.39. The van der Waals surface area contributed by atoms with Crippen molar-refractivity contribution in [2.24, 2.45) is 17.6 Å². The number of carbonyl (C=O) groups is 1. The van der Waals surface area contributed by atoms with Crippen LogP contribution >= 0.6 is 11.3 Å². The van der Waals surface area contributed by atoms with Gasteiger partial charge in [0.1, 0.15) is 0 Å². The van der Waals surface area contributed by atoms with E-state index >= 15 is 0 Å². The molecule has 1 amide bonds. The fraction of sp³-hybridized carbons (Fsp3) is 0.357. The Bertz CT molecular complexity index is 547. The monoisotopic (exact) mass is 262 g/mol. The van der Waals surface area contributed by atoms with Crippen molar-refractivity contribution in [2.75, 3.05) is 11.9 Å². The summed E-state index contributed by atoms with van der Waals surface area (Å²) in [6.45, 7) is 4.41. The Morgan fingerprint density at radius 3 is 2.83 bits per heavy atom. The van der Waals surface area contributed by atoms with Crippen LogP contribution in [-0.2, 0) is 4.79 Å². The maximum atomic E-state index is 12.1. The molecule has 0 radical (unpaired) electrons. The van der Waals surface area contributed by atoms with Crippen molar-refractivity contribution in [3.05, 3.63) is 29.6 Å². The first-order valence-electron chi connectivity index (χ1n) is 6.10. The number of amides is 1. The lowest BCUT2D eigenvalue weighted by molar-refractivity contribution is -0.120. The third-order valence-corrected chi connectivity index (χ3v) is 4.01. The molecule has 1 aromatic carbocycles. The molecule has 0 bridgehead atoms. The number of carbonyl (C=O) groups excluding carboxylic acids is 1. The zero-order valence-corrected chi connectivity index (χ0v) is 11.5. The molecule has 0 aliphatic rings. The molecule has 3 nitrogen and oxygen atoms in total. The van der Waals surface area contributed by atoms with Crippen molar-refractivity contribution < 1.29 is 4.79 Å². The normalized spacial score (nSPS) is 12.9. The highest BCUT2D eigenvalue weighted by Gasteiger charge is 2.20. The standard InChI is InChI=1S/C14H18N2OS/c1-9(2)12(8-15)14(17)16-11-3-4-13-10(7-11)5-6-18-13/h3-7,9,12H,8,15H2,1-2H3,(H,16,17). The second-order valence-corrected chi connectivity index (χ2v) is 5.70. The third-order valence-electron chi connectivity index (χ3n) is 3.12. The summed E-state index contributed by atoms with van der Waals surface area (Å²) < 4.78 is 1.23. The van der Waals surface area contributed by atoms with E-state index in [0.717, 1.165) is 11.1 Å². The molecule has 1 unspecified atom stereocenters. The van der Waals surface area contributed by atoms with E-state index in [9.17, 15) is 4.79 Å². The summed E-state index contributed by atoms with van der Waals surface area (Å²) >= 11 is 1.70. The van der Waals surface area contributed by atoms with E-state index in [-0.39, 0.29) is 17.7 Å². The van der Waals surface area contributed by atoms with Crippen LogP contribution in [0.2, 0.25) is 0 Å². The van der Waals surface area contributed by atoms with E-state index in [4.69, 9.17) is 5.73 Å². The van der Waals surface area contributed by atoms with Gasteiger partial charge in [0.05, 0.1) is 5.92 Å². The van der Waals surface area contributed by atoms with Crippen LogP contribution in [0.4, 0.5) is 5.69 Å². The second-order valence-electron chi connectivity index (χ2n) is 4.75. The summed E-state index contributed by atoms with van der Waals surface area (Å²) in [5.41, 5.74) is 6.48. The van der Waals surface area contributed by atoms with Gasteiger partial charge in [0.15, 0.2) is 0 Å². The molecule has 1 heterocycles. The minimum absolute atomic E-state index is 0.00193. The van der Waals surface area contributed by atoms with E-state index in [1.807, 2.05) is 37.4 Å². The van der Waals surface area contributed by atoms with Crippen molar-refractivity contribution in [1.82, 2.24) is 0 Å². The lowest BCUT2D eigenvalue weighted by Gasteiger charge is -2.18. The summed E-state index contributed by atoms with van der Waals surface area (Å²) in [6, 6.07) is 8.02. The van der Waals surface area contributed by atoms with Gasteiger partial charge in [-0.15, -0.1) is 11.3 Å². The number of thiophene rings is 1. The number of fused-ring (bicyclic) bond motifs is 1. The van der Waals surface area contributed by atoms with Crippen LogP contribution in [0.25, 0.3) is 10.1 Å². The van der Waals surface area contributed by atoms with Gasteiger partial charge in [0.2, 0.25) is 5.91 Å². The number of hydrogen-bond donors (Lipinski definition) is 2. The maximum absolute atomic E-state index is 12.1. The molecule has 3 N–H and O–H groups in total. The predicted molar refractivity (Wildman–Crippen MR) is 77.8 cm³/mol. The van der Waals surface area contributed by atoms with E-state index in [1.54, 1.807) is 11.3 Å². The molecule has 0 fully saturated rings. The first-order valence-corrected chi connectivity index (χ1v) is 6.98. The second kappa shape index (κ2) is 5.50. The maximum Gasteiger partial charge on any atom is 0.229 e. The quantitative estimate of drug-likeness (QED) is 0.889. The molecule has 0 saturated carbocycles. The smallest absolute Gasteiger partial charge is 0.229 e. The average Bonchev–Trinajstić information content (AvgIpc) is 2.76. The van der Waals surface area contributed by atoms with Crippen LogP contribution < -0.4 is 11.1 Å². The first kappa shape index (κ1) is 13.1. The molecule has 96 valence electrons. The van der Waals surface area contributed by atoms with Gasteiger partial charge in [-0.2, -0.15) is 0 Å². The summed E-state index contributed by atoms with van der Waals surface area (Å²) in [5.74, 6) is 0.116. The molecule has 0 aliphatic heterocycles. The highest BCUT2D eigenvalue weighted by Crippen LogP contribution is 2.24. The lowest BCUT2D eigenvalue weighted by atomic mass is 9.95.